The molecule has 0 aliphatic rings. The molecule has 2 atom stereocenters. The largest absolute Gasteiger partial charge is 0.349 e. The molecule has 0 unspecified atom stereocenters. The number of hydrogen-bond acceptors (Lipinski definition) is 2. The molecule has 0 spiro atoms. The smallest absolute Gasteiger partial charge is 0.217 e. The Morgan fingerprint density at radius 3 is 2.09 bits per heavy atom. The van der Waals surface area contributed by atoms with Crippen molar-refractivity contribution in [3.05, 3.63) is 71.3 Å². The third-order valence-electron chi connectivity index (χ3n) is 3.77. The maximum absolute atomic E-state index is 12.7. The van der Waals surface area contributed by atoms with Crippen LogP contribution < -0.4 is 5.32 Å². The molecule has 0 aromatic heterocycles. The lowest BCUT2D eigenvalue weighted by atomic mass is 9.87. The maximum Gasteiger partial charge on any atom is 0.217 e. The molecule has 1 N–H and O–H groups in total. The van der Waals surface area contributed by atoms with Crippen LogP contribution in [0.4, 0.5) is 0 Å². The van der Waals surface area contributed by atoms with E-state index in [1.165, 1.54) is 6.92 Å². The minimum absolute atomic E-state index is 0.0277. The molecule has 1 amide bonds. The molecular weight excluding hydrogens is 274 g/mol. The molecule has 2 rings (SSSR count). The van der Waals surface area contributed by atoms with Crippen molar-refractivity contribution in [2.75, 3.05) is 0 Å². The molecule has 0 saturated heterocycles. The van der Waals surface area contributed by atoms with Crippen molar-refractivity contribution in [2.24, 2.45) is 5.92 Å². The summed E-state index contributed by atoms with van der Waals surface area (Å²) in [6.07, 6.45) is 0. The number of benzene rings is 2. The van der Waals surface area contributed by atoms with Crippen molar-refractivity contribution in [3.8, 4) is 0 Å². The van der Waals surface area contributed by atoms with Crippen molar-refractivity contribution in [1.29, 1.82) is 0 Å². The van der Waals surface area contributed by atoms with Crippen LogP contribution in [0.25, 0.3) is 0 Å². The maximum atomic E-state index is 12.7. The zero-order valence-corrected chi connectivity index (χ0v) is 13.2. The van der Waals surface area contributed by atoms with Crippen molar-refractivity contribution in [3.63, 3.8) is 0 Å². The predicted molar refractivity (Wildman–Crippen MR) is 87.7 cm³/mol. The van der Waals surface area contributed by atoms with Gasteiger partial charge in [0.15, 0.2) is 5.78 Å². The van der Waals surface area contributed by atoms with Gasteiger partial charge in [-0.15, -0.1) is 0 Å². The number of nitrogens with one attached hydrogen (secondary N) is 1. The first-order valence-corrected chi connectivity index (χ1v) is 7.42. The summed E-state index contributed by atoms with van der Waals surface area (Å²) in [7, 11) is 0. The highest BCUT2D eigenvalue weighted by atomic mass is 16.1. The van der Waals surface area contributed by atoms with Crippen molar-refractivity contribution in [2.45, 2.75) is 26.8 Å². The summed E-state index contributed by atoms with van der Waals surface area (Å²) < 4.78 is 0. The molecule has 0 aliphatic heterocycles. The number of rotatable bonds is 5. The normalized spacial score (nSPS) is 13.2. The fourth-order valence-electron chi connectivity index (χ4n) is 2.51. The fraction of sp³-hybridized carbons (Fsp3) is 0.263. The summed E-state index contributed by atoms with van der Waals surface area (Å²) in [5, 5.41) is 2.91. The Morgan fingerprint density at radius 1 is 0.955 bits per heavy atom. The summed E-state index contributed by atoms with van der Waals surface area (Å²) in [6, 6.07) is 16.8. The molecule has 0 radical (unpaired) electrons. The summed E-state index contributed by atoms with van der Waals surface area (Å²) >= 11 is 0. The average molecular weight is 295 g/mol. The van der Waals surface area contributed by atoms with Crippen LogP contribution in [-0.2, 0) is 4.79 Å². The van der Waals surface area contributed by atoms with E-state index >= 15 is 0 Å². The van der Waals surface area contributed by atoms with E-state index in [0.717, 1.165) is 11.1 Å². The van der Waals surface area contributed by atoms with Gasteiger partial charge in [-0.25, -0.2) is 0 Å². The van der Waals surface area contributed by atoms with Gasteiger partial charge in [0.05, 0.1) is 6.04 Å². The van der Waals surface area contributed by atoms with Gasteiger partial charge in [-0.05, 0) is 12.5 Å². The molecule has 2 aromatic carbocycles. The van der Waals surface area contributed by atoms with Gasteiger partial charge < -0.3 is 5.32 Å². The Balaban J connectivity index is 2.30. The first kappa shape index (κ1) is 16.0. The average Bonchev–Trinajstić information content (AvgIpc) is 2.53. The van der Waals surface area contributed by atoms with E-state index in [4.69, 9.17) is 0 Å². The minimum Gasteiger partial charge on any atom is -0.349 e. The number of carbonyl (C=O) groups excluding carboxylic acids is 2. The minimum atomic E-state index is -0.339. The number of carbonyl (C=O) groups is 2. The van der Waals surface area contributed by atoms with Crippen LogP contribution in [0, 0.1) is 12.8 Å². The number of amides is 1. The number of ketones is 1. The van der Waals surface area contributed by atoms with Crippen molar-refractivity contribution >= 4 is 11.7 Å². The Hall–Kier alpha value is -2.42. The third-order valence-corrected chi connectivity index (χ3v) is 3.77. The van der Waals surface area contributed by atoms with E-state index < -0.39 is 0 Å². The Morgan fingerprint density at radius 2 is 1.55 bits per heavy atom. The van der Waals surface area contributed by atoms with Gasteiger partial charge in [-0.1, -0.05) is 67.1 Å². The van der Waals surface area contributed by atoms with E-state index in [9.17, 15) is 9.59 Å². The van der Waals surface area contributed by atoms with E-state index in [1.807, 2.05) is 56.3 Å². The highest BCUT2D eigenvalue weighted by Gasteiger charge is 2.26. The van der Waals surface area contributed by atoms with Crippen molar-refractivity contribution < 1.29 is 9.59 Å². The first-order chi connectivity index (χ1) is 10.5. The Labute approximate surface area is 131 Å². The Kier molecular flexibility index (Phi) is 5.10. The van der Waals surface area contributed by atoms with Gasteiger partial charge in [-0.2, -0.15) is 0 Å². The van der Waals surface area contributed by atoms with E-state index in [1.54, 1.807) is 12.1 Å². The highest BCUT2D eigenvalue weighted by molar-refractivity contribution is 5.98. The predicted octanol–water partition coefficient (Wildman–Crippen LogP) is 3.69. The summed E-state index contributed by atoms with van der Waals surface area (Å²) in [4.78, 5) is 24.2. The molecule has 2 aromatic rings. The lowest BCUT2D eigenvalue weighted by Crippen LogP contribution is -2.34. The molecular formula is C19H21NO2. The van der Waals surface area contributed by atoms with Crippen LogP contribution >= 0.6 is 0 Å². The monoisotopic (exact) mass is 295 g/mol. The zero-order valence-electron chi connectivity index (χ0n) is 13.2. The van der Waals surface area contributed by atoms with Gasteiger partial charge in [0.2, 0.25) is 5.91 Å². The van der Waals surface area contributed by atoms with Crippen LogP contribution in [0.2, 0.25) is 0 Å². The third kappa shape index (κ3) is 3.82. The molecule has 0 heterocycles. The lowest BCUT2D eigenvalue weighted by molar-refractivity contribution is -0.119. The van der Waals surface area contributed by atoms with Crippen LogP contribution in [-0.4, -0.2) is 11.7 Å². The fourth-order valence-corrected chi connectivity index (χ4v) is 2.51. The number of hydrogen-bond donors (Lipinski definition) is 1. The lowest BCUT2D eigenvalue weighted by Gasteiger charge is -2.24. The van der Waals surface area contributed by atoms with Crippen LogP contribution in [0.5, 0.6) is 0 Å². The molecule has 114 valence electrons. The second kappa shape index (κ2) is 7.03. The van der Waals surface area contributed by atoms with Gasteiger partial charge >= 0.3 is 0 Å². The molecule has 0 saturated carbocycles. The first-order valence-electron chi connectivity index (χ1n) is 7.42. The van der Waals surface area contributed by atoms with Gasteiger partial charge in [0.1, 0.15) is 0 Å². The van der Waals surface area contributed by atoms with Gasteiger partial charge in [-0.3, -0.25) is 9.59 Å². The summed E-state index contributed by atoms with van der Waals surface area (Å²) in [5.74, 6) is -0.452. The van der Waals surface area contributed by atoms with E-state index in [0.29, 0.717) is 5.56 Å². The van der Waals surface area contributed by atoms with Crippen LogP contribution in [0.3, 0.4) is 0 Å². The quantitative estimate of drug-likeness (QED) is 0.855. The van der Waals surface area contributed by atoms with Crippen LogP contribution in [0.1, 0.15) is 41.4 Å². The Bertz CT molecular complexity index is 647. The summed E-state index contributed by atoms with van der Waals surface area (Å²) in [5.41, 5.74) is 2.75. The highest BCUT2D eigenvalue weighted by Crippen LogP contribution is 2.25. The van der Waals surface area contributed by atoms with Gasteiger partial charge in [0, 0.05) is 18.4 Å². The van der Waals surface area contributed by atoms with Crippen LogP contribution in [0.15, 0.2) is 54.6 Å². The molecule has 0 fully saturated rings. The topological polar surface area (TPSA) is 46.2 Å². The molecule has 22 heavy (non-hydrogen) atoms. The zero-order chi connectivity index (χ0) is 16.1. The number of aryl methyl sites for hydroxylation is 1. The van der Waals surface area contributed by atoms with Crippen molar-refractivity contribution in [1.82, 2.24) is 5.32 Å². The summed E-state index contributed by atoms with van der Waals surface area (Å²) in [6.45, 7) is 5.34. The SMILES string of the molecule is CC(=O)N[C@H](c1ccc(C)cc1)[C@H](C)C(=O)c1ccccc1. The number of Topliss-reactive ketones (excluding diaryl/α,β-unsaturated/α-hetero) is 1. The molecule has 3 heteroatoms. The standard InChI is InChI=1S/C19H21NO2/c1-13-9-11-16(12-10-13)18(20-15(3)21)14(2)19(22)17-7-5-4-6-8-17/h4-12,14,18H,1-3H3,(H,20,21)/t14-,18-/m0/s1. The van der Waals surface area contributed by atoms with Gasteiger partial charge in [0.25, 0.3) is 0 Å². The second-order valence-corrected chi connectivity index (χ2v) is 5.61. The second-order valence-electron chi connectivity index (χ2n) is 5.61. The van der Waals surface area contributed by atoms with E-state index in [2.05, 4.69) is 5.32 Å². The molecule has 0 bridgehead atoms. The molecule has 0 aliphatic carbocycles. The van der Waals surface area contributed by atoms with E-state index in [-0.39, 0.29) is 23.7 Å². The molecule has 3 nitrogen and oxygen atoms in total.